The van der Waals surface area contributed by atoms with Gasteiger partial charge in [0.25, 0.3) is 16.1 Å². The maximum atomic E-state index is 12.6. The number of amides is 1. The molecule has 26 heavy (non-hydrogen) atoms. The smallest absolute Gasteiger partial charge is 0.277 e. The summed E-state index contributed by atoms with van der Waals surface area (Å²) in [7, 11) is -3.68. The molecule has 3 heterocycles. The van der Waals surface area contributed by atoms with Gasteiger partial charge in [-0.3, -0.25) is 9.78 Å². The fourth-order valence-corrected chi connectivity index (χ4v) is 3.94. The Labute approximate surface area is 166 Å². The molecular weight excluding hydrogens is 401 g/mol. The summed E-state index contributed by atoms with van der Waals surface area (Å²) in [5.74, 6) is 0.485. The van der Waals surface area contributed by atoms with E-state index in [1.165, 1.54) is 4.31 Å². The van der Waals surface area contributed by atoms with E-state index in [-0.39, 0.29) is 43.8 Å². The molecular formula is C15H25Cl2N5O3S. The standard InChI is InChI=1S/C15H23N5O3S.2ClH/c16-24(22,23)20-5-3-19(4-6-20)15(21)14-8-13(10-18-11-14)7-12-1-2-17-9-12;;/h8,10-12,17H,1-7,9H2,(H2,16,22,23);2*1H. The number of pyridine rings is 1. The van der Waals surface area contributed by atoms with Gasteiger partial charge in [-0.05, 0) is 43.5 Å². The number of carbonyl (C=O) groups excluding carboxylic acids is 1. The molecule has 148 valence electrons. The Morgan fingerprint density at radius 3 is 2.50 bits per heavy atom. The van der Waals surface area contributed by atoms with Crippen LogP contribution in [-0.2, 0) is 16.6 Å². The molecule has 0 saturated carbocycles. The van der Waals surface area contributed by atoms with Crippen LogP contribution >= 0.6 is 24.8 Å². The van der Waals surface area contributed by atoms with Crippen molar-refractivity contribution in [2.24, 2.45) is 11.1 Å². The van der Waals surface area contributed by atoms with Gasteiger partial charge in [-0.15, -0.1) is 24.8 Å². The van der Waals surface area contributed by atoms with Crippen LogP contribution in [0.3, 0.4) is 0 Å². The number of nitrogens with zero attached hydrogens (tertiary/aromatic N) is 3. The zero-order valence-corrected chi connectivity index (χ0v) is 16.8. The number of hydrogen-bond donors (Lipinski definition) is 2. The predicted molar refractivity (Wildman–Crippen MR) is 104 cm³/mol. The van der Waals surface area contributed by atoms with Gasteiger partial charge in [0.05, 0.1) is 5.56 Å². The maximum absolute atomic E-state index is 12.6. The molecule has 0 aromatic carbocycles. The van der Waals surface area contributed by atoms with Crippen LogP contribution in [0.25, 0.3) is 0 Å². The Balaban J connectivity index is 0.00000169. The Hall–Kier alpha value is -0.970. The summed E-state index contributed by atoms with van der Waals surface area (Å²) < 4.78 is 23.8. The fraction of sp³-hybridized carbons (Fsp3) is 0.600. The van der Waals surface area contributed by atoms with Gasteiger partial charge < -0.3 is 10.2 Å². The first-order chi connectivity index (χ1) is 11.4. The van der Waals surface area contributed by atoms with Crippen LogP contribution in [0.15, 0.2) is 18.5 Å². The van der Waals surface area contributed by atoms with E-state index in [1.807, 2.05) is 12.3 Å². The number of rotatable bonds is 4. The first-order valence-electron chi connectivity index (χ1n) is 8.15. The van der Waals surface area contributed by atoms with Gasteiger partial charge in [-0.1, -0.05) is 0 Å². The lowest BCUT2D eigenvalue weighted by Crippen LogP contribution is -2.52. The lowest BCUT2D eigenvalue weighted by atomic mass is 9.99. The van der Waals surface area contributed by atoms with E-state index in [2.05, 4.69) is 10.3 Å². The van der Waals surface area contributed by atoms with Gasteiger partial charge in [-0.25, -0.2) is 5.14 Å². The minimum absolute atomic E-state index is 0. The van der Waals surface area contributed by atoms with E-state index >= 15 is 0 Å². The zero-order valence-electron chi connectivity index (χ0n) is 14.3. The molecule has 1 aromatic rings. The normalized spacial score (nSPS) is 21.0. The summed E-state index contributed by atoms with van der Waals surface area (Å²) in [6.07, 6.45) is 5.45. The van der Waals surface area contributed by atoms with Gasteiger partial charge in [0, 0.05) is 38.6 Å². The minimum atomic E-state index is -3.68. The van der Waals surface area contributed by atoms with E-state index in [0.717, 1.165) is 31.5 Å². The topological polar surface area (TPSA) is 109 Å². The zero-order chi connectivity index (χ0) is 17.2. The highest BCUT2D eigenvalue weighted by molar-refractivity contribution is 7.86. The molecule has 1 atom stereocenters. The average Bonchev–Trinajstić information content (AvgIpc) is 3.07. The van der Waals surface area contributed by atoms with E-state index in [1.54, 1.807) is 11.1 Å². The van der Waals surface area contributed by atoms with E-state index < -0.39 is 10.2 Å². The van der Waals surface area contributed by atoms with Crippen molar-refractivity contribution in [1.82, 2.24) is 19.5 Å². The van der Waals surface area contributed by atoms with Crippen molar-refractivity contribution in [3.8, 4) is 0 Å². The maximum Gasteiger partial charge on any atom is 0.277 e. The highest BCUT2D eigenvalue weighted by atomic mass is 35.5. The Kier molecular flexibility index (Phi) is 8.71. The molecule has 3 rings (SSSR count). The summed E-state index contributed by atoms with van der Waals surface area (Å²) >= 11 is 0. The highest BCUT2D eigenvalue weighted by Crippen LogP contribution is 2.17. The Morgan fingerprint density at radius 2 is 1.92 bits per heavy atom. The second-order valence-corrected chi connectivity index (χ2v) is 7.93. The SMILES string of the molecule is Cl.Cl.NS(=O)(=O)N1CCN(C(=O)c2cncc(CC3CCNC3)c2)CC1. The largest absolute Gasteiger partial charge is 0.336 e. The van der Waals surface area contributed by atoms with Crippen molar-refractivity contribution in [3.05, 3.63) is 29.6 Å². The molecule has 3 N–H and O–H groups in total. The number of carbonyl (C=O) groups is 1. The van der Waals surface area contributed by atoms with Crippen LogP contribution < -0.4 is 10.5 Å². The summed E-state index contributed by atoms with van der Waals surface area (Å²) in [4.78, 5) is 18.5. The van der Waals surface area contributed by atoms with Crippen LogP contribution in [0.4, 0.5) is 0 Å². The van der Waals surface area contributed by atoms with E-state index in [9.17, 15) is 13.2 Å². The summed E-state index contributed by atoms with van der Waals surface area (Å²) in [6.45, 7) is 3.19. The van der Waals surface area contributed by atoms with Crippen molar-refractivity contribution < 1.29 is 13.2 Å². The molecule has 8 nitrogen and oxygen atoms in total. The summed E-state index contributed by atoms with van der Waals surface area (Å²) in [5.41, 5.74) is 1.63. The van der Waals surface area contributed by atoms with Crippen LogP contribution in [-0.4, -0.2) is 67.8 Å². The first kappa shape index (κ1) is 23.1. The van der Waals surface area contributed by atoms with Crippen LogP contribution in [0.5, 0.6) is 0 Å². The van der Waals surface area contributed by atoms with Crippen molar-refractivity contribution in [1.29, 1.82) is 0 Å². The second kappa shape index (κ2) is 9.82. The number of nitrogens with one attached hydrogen (secondary N) is 1. The molecule has 0 spiro atoms. The van der Waals surface area contributed by atoms with E-state index in [0.29, 0.717) is 24.6 Å². The molecule has 1 aromatic heterocycles. The molecule has 1 unspecified atom stereocenters. The molecule has 2 saturated heterocycles. The molecule has 2 fully saturated rings. The average molecular weight is 426 g/mol. The summed E-state index contributed by atoms with van der Waals surface area (Å²) in [6, 6.07) is 1.90. The van der Waals surface area contributed by atoms with Gasteiger partial charge in [0.15, 0.2) is 0 Å². The van der Waals surface area contributed by atoms with E-state index in [4.69, 9.17) is 5.14 Å². The quantitative estimate of drug-likeness (QED) is 0.707. The van der Waals surface area contributed by atoms with Crippen LogP contribution in [0.2, 0.25) is 0 Å². The van der Waals surface area contributed by atoms with Crippen LogP contribution in [0.1, 0.15) is 22.3 Å². The molecule has 0 radical (unpaired) electrons. The number of piperazine rings is 1. The third kappa shape index (κ3) is 5.77. The molecule has 2 aliphatic heterocycles. The molecule has 1 amide bonds. The lowest BCUT2D eigenvalue weighted by Gasteiger charge is -2.33. The lowest BCUT2D eigenvalue weighted by molar-refractivity contribution is 0.0697. The van der Waals surface area contributed by atoms with Crippen LogP contribution in [0, 0.1) is 5.92 Å². The van der Waals surface area contributed by atoms with Crippen molar-refractivity contribution in [2.75, 3.05) is 39.3 Å². The highest BCUT2D eigenvalue weighted by Gasteiger charge is 2.27. The van der Waals surface area contributed by atoms with Gasteiger partial charge in [0.1, 0.15) is 0 Å². The third-order valence-corrected chi connectivity index (χ3v) is 5.70. The predicted octanol–water partition coefficient (Wildman–Crippen LogP) is 0.0385. The monoisotopic (exact) mass is 425 g/mol. The number of aromatic nitrogens is 1. The molecule has 11 heteroatoms. The van der Waals surface area contributed by atoms with Crippen molar-refractivity contribution in [3.63, 3.8) is 0 Å². The molecule has 0 aliphatic carbocycles. The molecule has 0 bridgehead atoms. The summed E-state index contributed by atoms with van der Waals surface area (Å²) in [5, 5.41) is 8.46. The van der Waals surface area contributed by atoms with Crippen molar-refractivity contribution in [2.45, 2.75) is 12.8 Å². The Bertz CT molecular complexity index is 705. The third-order valence-electron chi connectivity index (χ3n) is 4.61. The fourth-order valence-electron chi connectivity index (χ4n) is 3.27. The first-order valence-corrected chi connectivity index (χ1v) is 9.65. The van der Waals surface area contributed by atoms with Gasteiger partial charge >= 0.3 is 0 Å². The van der Waals surface area contributed by atoms with Crippen molar-refractivity contribution >= 4 is 40.9 Å². The number of halogens is 2. The molecule has 2 aliphatic rings. The number of nitrogens with two attached hydrogens (primary N) is 1. The minimum Gasteiger partial charge on any atom is -0.336 e. The van der Waals surface area contributed by atoms with Gasteiger partial charge in [0.2, 0.25) is 0 Å². The number of hydrogen-bond acceptors (Lipinski definition) is 5. The Morgan fingerprint density at radius 1 is 1.23 bits per heavy atom. The van der Waals surface area contributed by atoms with Gasteiger partial charge in [-0.2, -0.15) is 12.7 Å². The second-order valence-electron chi connectivity index (χ2n) is 6.38.